The Morgan fingerprint density at radius 2 is 1.80 bits per heavy atom. The molecule has 1 amide bonds. The number of hydrogen-bond acceptors (Lipinski definition) is 3. The molecule has 0 aliphatic carbocycles. The van der Waals surface area contributed by atoms with Crippen LogP contribution in [0.5, 0.6) is 0 Å². The van der Waals surface area contributed by atoms with Gasteiger partial charge in [0, 0.05) is 6.54 Å². The number of aliphatic carboxylic acids is 1. The normalized spacial score (nSPS) is 12.2. The number of amides is 1. The van der Waals surface area contributed by atoms with E-state index in [0.29, 0.717) is 6.54 Å². The summed E-state index contributed by atoms with van der Waals surface area (Å²) in [5, 5.41) is 8.94. The zero-order valence-electron chi connectivity index (χ0n) is 12.2. The van der Waals surface area contributed by atoms with Gasteiger partial charge in [0.2, 0.25) is 5.91 Å². The minimum Gasteiger partial charge on any atom is -0.480 e. The summed E-state index contributed by atoms with van der Waals surface area (Å²) in [7, 11) is 3.64. The molecule has 1 aromatic rings. The van der Waals surface area contributed by atoms with Crippen molar-refractivity contribution in [2.45, 2.75) is 19.4 Å². The fraction of sp³-hybridized carbons (Fsp3) is 0.467. The van der Waals surface area contributed by atoms with E-state index in [4.69, 9.17) is 5.11 Å². The molecule has 0 aliphatic rings. The highest BCUT2D eigenvalue weighted by atomic mass is 16.4. The summed E-state index contributed by atoms with van der Waals surface area (Å²) in [5.74, 6) is -1.16. The Morgan fingerprint density at radius 1 is 1.20 bits per heavy atom. The number of carbonyl (C=O) groups excluding carboxylic acids is 1. The van der Waals surface area contributed by atoms with Gasteiger partial charge in [-0.1, -0.05) is 37.3 Å². The molecule has 1 N–H and O–H groups in total. The highest BCUT2D eigenvalue weighted by Gasteiger charge is 2.28. The molecule has 1 unspecified atom stereocenters. The minimum absolute atomic E-state index is 0.176. The van der Waals surface area contributed by atoms with Gasteiger partial charge in [-0.15, -0.1) is 0 Å². The predicted octanol–water partition coefficient (Wildman–Crippen LogP) is 1.61. The number of carboxylic acids is 1. The molecule has 110 valence electrons. The van der Waals surface area contributed by atoms with Gasteiger partial charge >= 0.3 is 5.97 Å². The third-order valence-corrected chi connectivity index (χ3v) is 3.00. The molecule has 0 aromatic heterocycles. The molecule has 5 heteroatoms. The fourth-order valence-corrected chi connectivity index (χ4v) is 2.17. The molecule has 0 saturated heterocycles. The van der Waals surface area contributed by atoms with Crippen molar-refractivity contribution in [3.8, 4) is 0 Å². The van der Waals surface area contributed by atoms with Crippen LogP contribution in [0.2, 0.25) is 0 Å². The predicted molar refractivity (Wildman–Crippen MR) is 77.4 cm³/mol. The van der Waals surface area contributed by atoms with Crippen molar-refractivity contribution in [2.75, 3.05) is 27.2 Å². The zero-order valence-corrected chi connectivity index (χ0v) is 12.2. The van der Waals surface area contributed by atoms with Gasteiger partial charge in [-0.2, -0.15) is 0 Å². The van der Waals surface area contributed by atoms with Gasteiger partial charge in [-0.3, -0.25) is 14.5 Å². The highest BCUT2D eigenvalue weighted by Crippen LogP contribution is 2.20. The van der Waals surface area contributed by atoms with E-state index >= 15 is 0 Å². The molecule has 0 saturated carbocycles. The first-order chi connectivity index (χ1) is 9.47. The first-order valence-electron chi connectivity index (χ1n) is 6.69. The molecule has 0 aliphatic heterocycles. The van der Waals surface area contributed by atoms with Crippen molar-refractivity contribution in [2.24, 2.45) is 0 Å². The Kier molecular flexibility index (Phi) is 6.18. The Balaban J connectivity index is 3.00. The average Bonchev–Trinajstić information content (AvgIpc) is 2.38. The van der Waals surface area contributed by atoms with E-state index in [-0.39, 0.29) is 12.5 Å². The second kappa shape index (κ2) is 7.65. The molecule has 0 spiro atoms. The molecular formula is C15H22N2O3. The van der Waals surface area contributed by atoms with Crippen LogP contribution < -0.4 is 0 Å². The van der Waals surface area contributed by atoms with Crippen LogP contribution >= 0.6 is 0 Å². The minimum atomic E-state index is -0.989. The molecule has 1 aromatic carbocycles. The quantitative estimate of drug-likeness (QED) is 0.823. The maximum absolute atomic E-state index is 12.6. The molecule has 20 heavy (non-hydrogen) atoms. The Morgan fingerprint density at radius 3 is 2.25 bits per heavy atom. The van der Waals surface area contributed by atoms with Crippen LogP contribution in [0.3, 0.4) is 0 Å². The Labute approximate surface area is 119 Å². The lowest BCUT2D eigenvalue weighted by Gasteiger charge is -2.30. The summed E-state index contributed by atoms with van der Waals surface area (Å²) < 4.78 is 0. The smallest absolute Gasteiger partial charge is 0.323 e. The number of nitrogens with zero attached hydrogens (tertiary/aromatic N) is 2. The molecule has 0 heterocycles. The van der Waals surface area contributed by atoms with E-state index in [9.17, 15) is 9.59 Å². The number of likely N-dealkylation sites (N-methyl/N-ethyl adjacent to an activating group) is 1. The summed E-state index contributed by atoms with van der Waals surface area (Å²) in [5.41, 5.74) is 0.869. The monoisotopic (exact) mass is 278 g/mol. The molecule has 0 radical (unpaired) electrons. The van der Waals surface area contributed by atoms with Crippen LogP contribution in [0.15, 0.2) is 30.3 Å². The van der Waals surface area contributed by atoms with Gasteiger partial charge in [0.05, 0.1) is 0 Å². The molecule has 0 bridgehead atoms. The van der Waals surface area contributed by atoms with Crippen LogP contribution in [-0.4, -0.2) is 54.0 Å². The van der Waals surface area contributed by atoms with E-state index < -0.39 is 12.0 Å². The van der Waals surface area contributed by atoms with Gasteiger partial charge in [0.15, 0.2) is 0 Å². The molecule has 5 nitrogen and oxygen atoms in total. The third-order valence-electron chi connectivity index (χ3n) is 3.00. The number of carboxylic acid groups (broad SMARTS) is 1. The van der Waals surface area contributed by atoms with Crippen molar-refractivity contribution in [1.82, 2.24) is 9.80 Å². The molecule has 0 fully saturated rings. The molecule has 1 atom stereocenters. The lowest BCUT2D eigenvalue weighted by Crippen LogP contribution is -2.43. The van der Waals surface area contributed by atoms with Crippen LogP contribution in [0, 0.1) is 0 Å². The van der Waals surface area contributed by atoms with Crippen molar-refractivity contribution < 1.29 is 14.7 Å². The zero-order chi connectivity index (χ0) is 15.1. The van der Waals surface area contributed by atoms with Crippen LogP contribution in [0.4, 0.5) is 0 Å². The van der Waals surface area contributed by atoms with E-state index in [1.807, 2.05) is 56.3 Å². The van der Waals surface area contributed by atoms with Crippen molar-refractivity contribution in [1.29, 1.82) is 0 Å². The number of benzene rings is 1. The number of carbonyl (C=O) groups is 2. The third kappa shape index (κ3) is 4.35. The topological polar surface area (TPSA) is 60.9 Å². The first kappa shape index (κ1) is 16.2. The van der Waals surface area contributed by atoms with E-state index in [2.05, 4.69) is 0 Å². The first-order valence-corrected chi connectivity index (χ1v) is 6.69. The Hall–Kier alpha value is -1.88. The lowest BCUT2D eigenvalue weighted by atomic mass is 10.0. The van der Waals surface area contributed by atoms with Crippen LogP contribution in [0.1, 0.15) is 24.9 Å². The largest absolute Gasteiger partial charge is 0.480 e. The van der Waals surface area contributed by atoms with Gasteiger partial charge in [0.1, 0.15) is 12.6 Å². The summed E-state index contributed by atoms with van der Waals surface area (Å²) in [4.78, 5) is 26.8. The van der Waals surface area contributed by atoms with Crippen LogP contribution in [0.25, 0.3) is 0 Å². The SMILES string of the molecule is CCCN(CC(=O)O)C(=O)C(c1ccccc1)N(C)C. The maximum atomic E-state index is 12.6. The fourth-order valence-electron chi connectivity index (χ4n) is 2.17. The summed E-state index contributed by atoms with van der Waals surface area (Å²) >= 11 is 0. The van der Waals surface area contributed by atoms with Crippen molar-refractivity contribution in [3.63, 3.8) is 0 Å². The van der Waals surface area contributed by atoms with Crippen molar-refractivity contribution >= 4 is 11.9 Å². The maximum Gasteiger partial charge on any atom is 0.323 e. The van der Waals surface area contributed by atoms with Crippen molar-refractivity contribution in [3.05, 3.63) is 35.9 Å². The second-order valence-electron chi connectivity index (χ2n) is 4.93. The molecule has 1 rings (SSSR count). The summed E-state index contributed by atoms with van der Waals surface area (Å²) in [6, 6.07) is 8.95. The van der Waals surface area contributed by atoms with Crippen LogP contribution in [-0.2, 0) is 9.59 Å². The van der Waals surface area contributed by atoms with E-state index in [1.165, 1.54) is 4.90 Å². The second-order valence-corrected chi connectivity index (χ2v) is 4.93. The van der Waals surface area contributed by atoms with Gasteiger partial charge in [-0.25, -0.2) is 0 Å². The molecular weight excluding hydrogens is 256 g/mol. The number of hydrogen-bond donors (Lipinski definition) is 1. The Bertz CT molecular complexity index is 446. The summed E-state index contributed by atoms with van der Waals surface area (Å²) in [6.45, 7) is 2.11. The van der Waals surface area contributed by atoms with Gasteiger partial charge in [0.25, 0.3) is 0 Å². The van der Waals surface area contributed by atoms with E-state index in [0.717, 1.165) is 12.0 Å². The average molecular weight is 278 g/mol. The van der Waals surface area contributed by atoms with Gasteiger partial charge in [-0.05, 0) is 26.1 Å². The number of rotatable bonds is 7. The highest BCUT2D eigenvalue weighted by molar-refractivity contribution is 5.86. The lowest BCUT2D eigenvalue weighted by molar-refractivity contribution is -0.146. The summed E-state index contributed by atoms with van der Waals surface area (Å²) in [6.07, 6.45) is 0.730. The van der Waals surface area contributed by atoms with Gasteiger partial charge < -0.3 is 10.0 Å². The van der Waals surface area contributed by atoms with E-state index in [1.54, 1.807) is 0 Å². The standard InChI is InChI=1S/C15H22N2O3/c1-4-10-17(11-13(18)19)15(20)14(16(2)3)12-8-6-5-7-9-12/h5-9,14H,4,10-11H2,1-3H3,(H,18,19).